The molecular weight excluding hydrogens is 306 g/mol. The lowest BCUT2D eigenvalue weighted by molar-refractivity contribution is -0.386. The lowest BCUT2D eigenvalue weighted by Crippen LogP contribution is -2.29. The number of nitrogens with zero attached hydrogens (tertiary/aromatic N) is 1. The van der Waals surface area contributed by atoms with E-state index in [1.54, 1.807) is 0 Å². The fraction of sp³-hybridized carbons (Fsp3) is 0.300. The van der Waals surface area contributed by atoms with Crippen molar-refractivity contribution in [3.63, 3.8) is 0 Å². The van der Waals surface area contributed by atoms with Crippen LogP contribution in [0.25, 0.3) is 0 Å². The fourth-order valence-electron chi connectivity index (χ4n) is 1.32. The maximum absolute atomic E-state index is 11.9. The Morgan fingerprint density at radius 2 is 2.14 bits per heavy atom. The molecule has 0 atom stereocenters. The van der Waals surface area contributed by atoms with Crippen LogP contribution in [0.4, 0.5) is 5.69 Å². The van der Waals surface area contributed by atoms with E-state index in [1.807, 2.05) is 0 Å². The molecule has 0 saturated heterocycles. The van der Waals surface area contributed by atoms with Crippen LogP contribution in [0.2, 0.25) is 0 Å². The summed E-state index contributed by atoms with van der Waals surface area (Å²) in [6.45, 7) is -0.584. The summed E-state index contributed by atoms with van der Waals surface area (Å²) in [5.74, 6) is -1.32. The SMILES string of the molecule is NC(=O)COCCNS(=O)(=O)c1ccc(O)c([N+](=O)[O-])c1. The summed E-state index contributed by atoms with van der Waals surface area (Å²) < 4.78 is 30.6. The standard InChI is InChI=1S/C10H13N3O7S/c11-10(15)6-20-4-3-12-21(18,19)7-1-2-9(14)8(5-7)13(16)17/h1-2,5,12,14H,3-4,6H2,(H2,11,15). The summed E-state index contributed by atoms with van der Waals surface area (Å²) in [5, 5.41) is 19.9. The average Bonchev–Trinajstić information content (AvgIpc) is 2.37. The van der Waals surface area contributed by atoms with Gasteiger partial charge in [0.2, 0.25) is 15.9 Å². The number of carbonyl (C=O) groups excluding carboxylic acids is 1. The van der Waals surface area contributed by atoms with Gasteiger partial charge in [0, 0.05) is 12.6 Å². The molecule has 0 radical (unpaired) electrons. The van der Waals surface area contributed by atoms with Gasteiger partial charge in [-0.1, -0.05) is 0 Å². The Balaban J connectivity index is 2.72. The van der Waals surface area contributed by atoms with Crippen LogP contribution in [0.5, 0.6) is 5.75 Å². The second-order valence-corrected chi connectivity index (χ2v) is 5.59. The van der Waals surface area contributed by atoms with Gasteiger partial charge in [0.1, 0.15) is 6.61 Å². The number of rotatable bonds is 8. The van der Waals surface area contributed by atoms with Crippen molar-refractivity contribution in [2.75, 3.05) is 19.8 Å². The number of sulfonamides is 1. The first-order valence-electron chi connectivity index (χ1n) is 5.57. The molecule has 0 unspecified atom stereocenters. The van der Waals surface area contributed by atoms with Gasteiger partial charge in [-0.15, -0.1) is 0 Å². The van der Waals surface area contributed by atoms with Crippen LogP contribution in [0.3, 0.4) is 0 Å². The molecule has 0 aromatic heterocycles. The minimum atomic E-state index is -4.00. The van der Waals surface area contributed by atoms with Crippen molar-refractivity contribution < 1.29 is 28.0 Å². The monoisotopic (exact) mass is 319 g/mol. The zero-order valence-corrected chi connectivity index (χ0v) is 11.5. The van der Waals surface area contributed by atoms with Crippen LogP contribution in [0.1, 0.15) is 0 Å². The maximum Gasteiger partial charge on any atom is 0.312 e. The second kappa shape index (κ2) is 6.97. The highest BCUT2D eigenvalue weighted by Crippen LogP contribution is 2.27. The molecule has 1 amide bonds. The lowest BCUT2D eigenvalue weighted by Gasteiger charge is -2.07. The molecule has 0 aliphatic heterocycles. The van der Waals surface area contributed by atoms with Crippen molar-refractivity contribution in [1.29, 1.82) is 0 Å². The molecule has 0 aliphatic carbocycles. The molecule has 0 bridgehead atoms. The van der Waals surface area contributed by atoms with Crippen molar-refractivity contribution in [1.82, 2.24) is 4.72 Å². The van der Waals surface area contributed by atoms with Crippen molar-refractivity contribution in [2.24, 2.45) is 5.73 Å². The molecule has 0 heterocycles. The number of phenolic OH excluding ortho intramolecular Hbond substituents is 1. The fourth-order valence-corrected chi connectivity index (χ4v) is 2.35. The van der Waals surface area contributed by atoms with Crippen LogP contribution in [-0.4, -0.2) is 44.1 Å². The third-order valence-corrected chi connectivity index (χ3v) is 3.70. The first-order valence-corrected chi connectivity index (χ1v) is 7.05. The zero-order valence-electron chi connectivity index (χ0n) is 10.7. The minimum Gasteiger partial charge on any atom is -0.502 e. The number of nitrogens with two attached hydrogens (primary N) is 1. The molecular formula is C10H13N3O7S. The van der Waals surface area contributed by atoms with Gasteiger partial charge in [-0.3, -0.25) is 14.9 Å². The molecule has 11 heteroatoms. The molecule has 0 spiro atoms. The van der Waals surface area contributed by atoms with Gasteiger partial charge < -0.3 is 15.6 Å². The van der Waals surface area contributed by atoms with Crippen LogP contribution < -0.4 is 10.5 Å². The van der Waals surface area contributed by atoms with Gasteiger partial charge in [0.05, 0.1) is 16.4 Å². The summed E-state index contributed by atoms with van der Waals surface area (Å²) in [6.07, 6.45) is 0. The Kier molecular flexibility index (Phi) is 5.58. The van der Waals surface area contributed by atoms with Gasteiger partial charge in [-0.2, -0.15) is 0 Å². The van der Waals surface area contributed by atoms with E-state index in [-0.39, 0.29) is 24.7 Å². The van der Waals surface area contributed by atoms with E-state index in [1.165, 1.54) is 0 Å². The minimum absolute atomic E-state index is 0.0949. The van der Waals surface area contributed by atoms with Gasteiger partial charge >= 0.3 is 5.69 Å². The summed E-state index contributed by atoms with van der Waals surface area (Å²) in [6, 6.07) is 2.67. The molecule has 10 nitrogen and oxygen atoms in total. The summed E-state index contributed by atoms with van der Waals surface area (Å²) in [4.78, 5) is 19.7. The van der Waals surface area contributed by atoms with Crippen LogP contribution in [-0.2, 0) is 19.6 Å². The van der Waals surface area contributed by atoms with Gasteiger partial charge in [0.25, 0.3) is 0 Å². The third kappa shape index (κ3) is 4.98. The van der Waals surface area contributed by atoms with Crippen molar-refractivity contribution >= 4 is 21.6 Å². The number of ether oxygens (including phenoxy) is 1. The van der Waals surface area contributed by atoms with E-state index in [4.69, 9.17) is 10.5 Å². The molecule has 1 aromatic carbocycles. The Bertz CT molecular complexity index is 644. The molecule has 0 aliphatic rings. The average molecular weight is 319 g/mol. The topological polar surface area (TPSA) is 162 Å². The highest BCUT2D eigenvalue weighted by molar-refractivity contribution is 7.89. The highest BCUT2D eigenvalue weighted by Gasteiger charge is 2.20. The largest absolute Gasteiger partial charge is 0.502 e. The van der Waals surface area contributed by atoms with Crippen molar-refractivity contribution in [2.45, 2.75) is 4.90 Å². The molecule has 116 valence electrons. The third-order valence-electron chi connectivity index (χ3n) is 2.24. The first-order chi connectivity index (χ1) is 9.74. The Hall–Kier alpha value is -2.24. The predicted octanol–water partition coefficient (Wildman–Crippen LogP) is -0.919. The summed E-state index contributed by atoms with van der Waals surface area (Å²) in [7, 11) is -4.00. The normalized spacial score (nSPS) is 11.2. The van der Waals surface area contributed by atoms with Crippen molar-refractivity contribution in [3.8, 4) is 5.75 Å². The number of carbonyl (C=O) groups is 1. The number of hydrogen-bond donors (Lipinski definition) is 3. The van der Waals surface area contributed by atoms with E-state index < -0.39 is 32.3 Å². The number of hydrogen-bond acceptors (Lipinski definition) is 7. The quantitative estimate of drug-likeness (QED) is 0.317. The number of benzene rings is 1. The molecule has 1 rings (SSSR count). The van der Waals surface area contributed by atoms with E-state index >= 15 is 0 Å². The summed E-state index contributed by atoms with van der Waals surface area (Å²) >= 11 is 0. The van der Waals surface area contributed by atoms with E-state index in [0.717, 1.165) is 18.2 Å². The van der Waals surface area contributed by atoms with Gasteiger partial charge in [0.15, 0.2) is 5.75 Å². The second-order valence-electron chi connectivity index (χ2n) is 3.82. The Morgan fingerprint density at radius 3 is 2.71 bits per heavy atom. The number of amides is 1. The van der Waals surface area contributed by atoms with E-state index in [9.17, 15) is 28.4 Å². The number of nitro benzene ring substituents is 1. The van der Waals surface area contributed by atoms with Gasteiger partial charge in [-0.05, 0) is 12.1 Å². The number of aromatic hydroxyl groups is 1. The Labute approximate surface area is 119 Å². The highest BCUT2D eigenvalue weighted by atomic mass is 32.2. The molecule has 21 heavy (non-hydrogen) atoms. The Morgan fingerprint density at radius 1 is 1.48 bits per heavy atom. The number of phenols is 1. The number of nitro groups is 1. The van der Waals surface area contributed by atoms with Gasteiger partial charge in [-0.25, -0.2) is 13.1 Å². The lowest BCUT2D eigenvalue weighted by atomic mass is 10.3. The smallest absolute Gasteiger partial charge is 0.312 e. The molecule has 1 aromatic rings. The van der Waals surface area contributed by atoms with Crippen LogP contribution in [0, 0.1) is 10.1 Å². The first kappa shape index (κ1) is 16.8. The maximum atomic E-state index is 11.9. The number of nitrogens with one attached hydrogen (secondary N) is 1. The molecule has 4 N–H and O–H groups in total. The van der Waals surface area contributed by atoms with Crippen molar-refractivity contribution in [3.05, 3.63) is 28.3 Å². The predicted molar refractivity (Wildman–Crippen MR) is 70.0 cm³/mol. The number of primary amides is 1. The molecule has 0 fully saturated rings. The van der Waals surface area contributed by atoms with E-state index in [2.05, 4.69) is 4.72 Å². The summed E-state index contributed by atoms with van der Waals surface area (Å²) in [5.41, 5.74) is 4.10. The van der Waals surface area contributed by atoms with Crippen LogP contribution >= 0.6 is 0 Å². The van der Waals surface area contributed by atoms with E-state index in [0.29, 0.717) is 0 Å². The van der Waals surface area contributed by atoms with Crippen LogP contribution in [0.15, 0.2) is 23.1 Å². The zero-order chi connectivity index (χ0) is 16.0. The molecule has 0 saturated carbocycles.